The minimum absolute atomic E-state index is 0.107. The second-order valence-electron chi connectivity index (χ2n) is 6.83. The van der Waals surface area contributed by atoms with Gasteiger partial charge in [-0.25, -0.2) is 0 Å². The number of benzene rings is 1. The topological polar surface area (TPSA) is 96.9 Å². The Hall–Kier alpha value is -2.94. The lowest BCUT2D eigenvalue weighted by Crippen LogP contribution is -2.21. The number of nitriles is 1. The van der Waals surface area contributed by atoms with E-state index in [1.807, 2.05) is 26.8 Å². The molecule has 0 radical (unpaired) electrons. The predicted molar refractivity (Wildman–Crippen MR) is 99.1 cm³/mol. The summed E-state index contributed by atoms with van der Waals surface area (Å²) in [6, 6.07) is 6.40. The van der Waals surface area contributed by atoms with Crippen molar-refractivity contribution >= 4 is 0 Å². The first kappa shape index (κ1) is 17.9. The van der Waals surface area contributed by atoms with Crippen LogP contribution in [0.1, 0.15) is 60.6 Å². The van der Waals surface area contributed by atoms with Crippen LogP contribution in [0.4, 0.5) is 0 Å². The van der Waals surface area contributed by atoms with Crippen LogP contribution in [-0.2, 0) is 0 Å². The summed E-state index contributed by atoms with van der Waals surface area (Å²) in [5.74, 6) is 1.40. The van der Waals surface area contributed by atoms with Crippen molar-refractivity contribution in [3.8, 4) is 17.7 Å². The Morgan fingerprint density at radius 3 is 2.73 bits per heavy atom. The van der Waals surface area contributed by atoms with E-state index in [1.165, 1.54) is 0 Å². The Balaban J connectivity index is 2.26. The fourth-order valence-electron chi connectivity index (χ4n) is 3.47. The molecule has 0 spiro atoms. The molecule has 1 unspecified atom stereocenters. The van der Waals surface area contributed by atoms with Crippen molar-refractivity contribution in [3.05, 3.63) is 51.5 Å². The smallest absolute Gasteiger partial charge is 0.244 e. The van der Waals surface area contributed by atoms with Crippen molar-refractivity contribution in [2.75, 3.05) is 6.61 Å². The van der Waals surface area contributed by atoms with Gasteiger partial charge in [-0.2, -0.15) is 5.26 Å². The highest BCUT2D eigenvalue weighted by Crippen LogP contribution is 2.45. The molecule has 0 amide bonds. The van der Waals surface area contributed by atoms with Crippen molar-refractivity contribution in [3.63, 3.8) is 0 Å². The van der Waals surface area contributed by atoms with Crippen LogP contribution in [0.25, 0.3) is 0 Å². The summed E-state index contributed by atoms with van der Waals surface area (Å²) in [4.78, 5) is 0. The Kier molecular flexibility index (Phi) is 4.64. The summed E-state index contributed by atoms with van der Waals surface area (Å²) in [6.45, 7) is 10.8. The van der Waals surface area contributed by atoms with Crippen molar-refractivity contribution in [2.24, 2.45) is 5.73 Å². The number of hydrogen-bond donors (Lipinski definition) is 2. The maximum Gasteiger partial charge on any atom is 0.244 e. The van der Waals surface area contributed by atoms with Crippen LogP contribution in [0.5, 0.6) is 11.6 Å². The van der Waals surface area contributed by atoms with Crippen LogP contribution in [0.2, 0.25) is 0 Å². The normalized spacial score (nSPS) is 16.3. The molecule has 2 heterocycles. The zero-order valence-electron chi connectivity index (χ0n) is 15.8. The average molecular weight is 352 g/mol. The first-order valence-corrected chi connectivity index (χ1v) is 8.78. The van der Waals surface area contributed by atoms with Gasteiger partial charge in [-0.15, -0.1) is 5.10 Å². The summed E-state index contributed by atoms with van der Waals surface area (Å²) in [5, 5.41) is 16.9. The van der Waals surface area contributed by atoms with Gasteiger partial charge in [0.1, 0.15) is 17.4 Å². The number of fused-ring (bicyclic) bond motifs is 1. The van der Waals surface area contributed by atoms with Gasteiger partial charge in [-0.05, 0) is 49.4 Å². The maximum atomic E-state index is 9.73. The van der Waals surface area contributed by atoms with Gasteiger partial charge in [0.2, 0.25) is 11.8 Å². The zero-order valence-corrected chi connectivity index (χ0v) is 15.8. The molecule has 1 aliphatic heterocycles. The molecule has 0 saturated heterocycles. The molecule has 136 valence electrons. The van der Waals surface area contributed by atoms with E-state index in [1.54, 1.807) is 0 Å². The van der Waals surface area contributed by atoms with Crippen LogP contribution in [0.15, 0.2) is 23.6 Å². The summed E-state index contributed by atoms with van der Waals surface area (Å²) in [7, 11) is 0. The standard InChI is InChI=1S/C20H24N4O2/c1-6-25-16-7-11(4)14(8-13(16)10(2)3)18-15(9-21)19(22)26-20-17(18)12(5)23-24-20/h7-8,10,18H,6,22H2,1-5H3,(H,23,24). The SMILES string of the molecule is CCOc1cc(C)c(C2C(C#N)=C(N)Oc3n[nH]c(C)c32)cc1C(C)C. The Labute approximate surface area is 153 Å². The number of H-pyrrole nitrogens is 1. The summed E-state index contributed by atoms with van der Waals surface area (Å²) < 4.78 is 11.4. The van der Waals surface area contributed by atoms with E-state index in [4.69, 9.17) is 15.2 Å². The van der Waals surface area contributed by atoms with Crippen molar-refractivity contribution in [2.45, 2.75) is 46.5 Å². The van der Waals surface area contributed by atoms with E-state index in [0.29, 0.717) is 18.1 Å². The lowest BCUT2D eigenvalue weighted by molar-refractivity contribution is 0.334. The molecule has 0 fully saturated rings. The number of allylic oxidation sites excluding steroid dienone is 1. The third-order valence-electron chi connectivity index (χ3n) is 4.76. The van der Waals surface area contributed by atoms with Crippen molar-refractivity contribution in [1.82, 2.24) is 10.2 Å². The minimum atomic E-state index is -0.310. The van der Waals surface area contributed by atoms with Gasteiger partial charge in [-0.3, -0.25) is 5.10 Å². The number of nitrogens with two attached hydrogens (primary N) is 1. The molecular formula is C20H24N4O2. The Morgan fingerprint density at radius 2 is 2.12 bits per heavy atom. The van der Waals surface area contributed by atoms with Crippen LogP contribution in [-0.4, -0.2) is 16.8 Å². The number of nitrogens with one attached hydrogen (secondary N) is 1. The second-order valence-corrected chi connectivity index (χ2v) is 6.83. The molecule has 26 heavy (non-hydrogen) atoms. The molecule has 3 rings (SSSR count). The summed E-state index contributed by atoms with van der Waals surface area (Å²) in [5.41, 5.74) is 11.3. The van der Waals surface area contributed by atoms with Crippen molar-refractivity contribution < 1.29 is 9.47 Å². The number of aromatic amines is 1. The van der Waals surface area contributed by atoms with Gasteiger partial charge in [-0.1, -0.05) is 19.9 Å². The van der Waals surface area contributed by atoms with Gasteiger partial charge in [0.05, 0.1) is 12.5 Å². The van der Waals surface area contributed by atoms with Gasteiger partial charge >= 0.3 is 0 Å². The number of hydrogen-bond acceptors (Lipinski definition) is 5. The highest BCUT2D eigenvalue weighted by atomic mass is 16.5. The van der Waals surface area contributed by atoms with E-state index in [9.17, 15) is 5.26 Å². The molecule has 1 aliphatic rings. The Bertz CT molecular complexity index is 919. The average Bonchev–Trinajstić information content (AvgIpc) is 2.94. The fourth-order valence-corrected chi connectivity index (χ4v) is 3.47. The molecule has 1 aromatic heterocycles. The van der Waals surface area contributed by atoms with Gasteiger partial charge in [0, 0.05) is 11.3 Å². The number of aryl methyl sites for hydroxylation is 2. The molecular weight excluding hydrogens is 328 g/mol. The summed E-state index contributed by atoms with van der Waals surface area (Å²) >= 11 is 0. The van der Waals surface area contributed by atoms with E-state index < -0.39 is 0 Å². The van der Waals surface area contributed by atoms with E-state index >= 15 is 0 Å². The third kappa shape index (κ3) is 2.80. The predicted octanol–water partition coefficient (Wildman–Crippen LogP) is 3.77. The number of aromatic nitrogens is 2. The van der Waals surface area contributed by atoms with E-state index in [0.717, 1.165) is 33.7 Å². The lowest BCUT2D eigenvalue weighted by Gasteiger charge is -2.26. The monoisotopic (exact) mass is 352 g/mol. The first-order chi connectivity index (χ1) is 12.4. The minimum Gasteiger partial charge on any atom is -0.494 e. The molecule has 0 aliphatic carbocycles. The van der Waals surface area contributed by atoms with Gasteiger partial charge in [0.15, 0.2) is 0 Å². The number of nitrogens with zero attached hydrogens (tertiary/aromatic N) is 2. The molecule has 1 atom stereocenters. The third-order valence-corrected chi connectivity index (χ3v) is 4.76. The van der Waals surface area contributed by atoms with Crippen molar-refractivity contribution in [1.29, 1.82) is 5.26 Å². The number of ether oxygens (including phenoxy) is 2. The van der Waals surface area contributed by atoms with Gasteiger partial charge in [0.25, 0.3) is 0 Å². The molecule has 6 nitrogen and oxygen atoms in total. The largest absolute Gasteiger partial charge is 0.494 e. The van der Waals surface area contributed by atoms with E-state index in [-0.39, 0.29) is 17.7 Å². The van der Waals surface area contributed by atoms with E-state index in [2.05, 4.69) is 36.2 Å². The summed E-state index contributed by atoms with van der Waals surface area (Å²) in [6.07, 6.45) is 0. The molecule has 1 aromatic carbocycles. The van der Waals surface area contributed by atoms with Crippen LogP contribution >= 0.6 is 0 Å². The van der Waals surface area contributed by atoms with Gasteiger partial charge < -0.3 is 15.2 Å². The lowest BCUT2D eigenvalue weighted by atomic mass is 9.80. The quantitative estimate of drug-likeness (QED) is 0.873. The van der Waals surface area contributed by atoms with Crippen LogP contribution < -0.4 is 15.2 Å². The van der Waals surface area contributed by atoms with Crippen LogP contribution in [0.3, 0.4) is 0 Å². The highest BCUT2D eigenvalue weighted by Gasteiger charge is 2.35. The molecule has 6 heteroatoms. The van der Waals surface area contributed by atoms with Crippen LogP contribution in [0, 0.1) is 25.2 Å². The second kappa shape index (κ2) is 6.75. The molecule has 3 N–H and O–H groups in total. The number of rotatable bonds is 4. The Morgan fingerprint density at radius 1 is 1.38 bits per heavy atom. The first-order valence-electron chi connectivity index (χ1n) is 8.78. The molecule has 2 aromatic rings. The molecule has 0 saturated carbocycles. The maximum absolute atomic E-state index is 9.73. The molecule has 0 bridgehead atoms. The zero-order chi connectivity index (χ0) is 19.0. The highest BCUT2D eigenvalue weighted by molar-refractivity contribution is 5.58. The fraction of sp³-hybridized carbons (Fsp3) is 0.400.